The second kappa shape index (κ2) is 6.60. The molecule has 1 amide bonds. The van der Waals surface area contributed by atoms with Crippen LogP contribution in [0.5, 0.6) is 0 Å². The molecule has 3 atom stereocenters. The summed E-state index contributed by atoms with van der Waals surface area (Å²) in [5, 5.41) is 7.09. The molecule has 5 heteroatoms. The molecule has 1 aliphatic heterocycles. The van der Waals surface area contributed by atoms with Crippen LogP contribution >= 0.6 is 0 Å². The molecule has 0 bridgehead atoms. The number of H-pyrrole nitrogens is 1. The minimum Gasteiger partial charge on any atom is -0.342 e. The molecule has 1 aromatic rings. The van der Waals surface area contributed by atoms with Gasteiger partial charge in [0.15, 0.2) is 0 Å². The molecular formula is C16H26N4O. The van der Waals surface area contributed by atoms with Crippen LogP contribution in [0.2, 0.25) is 0 Å². The molecule has 1 aliphatic carbocycles. The number of hydrogen-bond donors (Lipinski definition) is 2. The summed E-state index contributed by atoms with van der Waals surface area (Å²) in [7, 11) is 0. The van der Waals surface area contributed by atoms with Crippen LogP contribution < -0.4 is 5.73 Å². The molecule has 0 spiro atoms. The fourth-order valence-electron chi connectivity index (χ4n) is 3.80. The molecule has 2 aliphatic rings. The van der Waals surface area contributed by atoms with Crippen LogP contribution in [0.3, 0.4) is 0 Å². The Bertz CT molecular complexity index is 459. The van der Waals surface area contributed by atoms with Gasteiger partial charge >= 0.3 is 0 Å². The summed E-state index contributed by atoms with van der Waals surface area (Å²) in [6.07, 6.45) is 9.47. The molecule has 2 fully saturated rings. The van der Waals surface area contributed by atoms with E-state index in [1.165, 1.54) is 12.8 Å². The van der Waals surface area contributed by atoms with Crippen LogP contribution in [0.25, 0.3) is 0 Å². The standard InChI is InChI=1S/C16H26N4O/c17-14-7-3-1-2-6-13(14)16(21)20-10-4-5-12(11-20)15-8-9-18-19-15/h8-9,12-14H,1-7,10-11,17H2,(H,18,19). The van der Waals surface area contributed by atoms with Crippen molar-refractivity contribution < 1.29 is 4.79 Å². The Morgan fingerprint density at radius 3 is 2.90 bits per heavy atom. The van der Waals surface area contributed by atoms with Gasteiger partial charge in [-0.25, -0.2) is 0 Å². The van der Waals surface area contributed by atoms with Crippen molar-refractivity contribution in [3.8, 4) is 0 Å². The molecule has 116 valence electrons. The van der Waals surface area contributed by atoms with Gasteiger partial charge in [0, 0.05) is 36.9 Å². The summed E-state index contributed by atoms with van der Waals surface area (Å²) < 4.78 is 0. The zero-order chi connectivity index (χ0) is 14.7. The van der Waals surface area contributed by atoms with Crippen LogP contribution in [-0.2, 0) is 4.79 Å². The average Bonchev–Trinajstić information content (AvgIpc) is 2.96. The third-order valence-corrected chi connectivity index (χ3v) is 5.08. The highest BCUT2D eigenvalue weighted by molar-refractivity contribution is 5.79. The highest BCUT2D eigenvalue weighted by Gasteiger charge is 2.33. The highest BCUT2D eigenvalue weighted by atomic mass is 16.2. The smallest absolute Gasteiger partial charge is 0.227 e. The van der Waals surface area contributed by atoms with Gasteiger partial charge in [-0.3, -0.25) is 9.89 Å². The van der Waals surface area contributed by atoms with Crippen molar-refractivity contribution in [2.75, 3.05) is 13.1 Å². The number of nitrogens with one attached hydrogen (secondary N) is 1. The molecule has 0 radical (unpaired) electrons. The maximum Gasteiger partial charge on any atom is 0.227 e. The number of amides is 1. The van der Waals surface area contributed by atoms with Gasteiger partial charge in [-0.1, -0.05) is 19.3 Å². The molecule has 3 unspecified atom stereocenters. The lowest BCUT2D eigenvalue weighted by molar-refractivity contribution is -0.137. The van der Waals surface area contributed by atoms with Crippen molar-refractivity contribution in [2.24, 2.45) is 11.7 Å². The fraction of sp³-hybridized carbons (Fsp3) is 0.750. The minimum atomic E-state index is 0.0352. The van der Waals surface area contributed by atoms with Crippen LogP contribution in [0.15, 0.2) is 12.3 Å². The van der Waals surface area contributed by atoms with Gasteiger partial charge in [-0.05, 0) is 31.7 Å². The SMILES string of the molecule is NC1CCCCCC1C(=O)N1CCCC(c2ccn[nH]2)C1. The lowest BCUT2D eigenvalue weighted by Crippen LogP contribution is -2.47. The Hall–Kier alpha value is -1.36. The monoisotopic (exact) mass is 290 g/mol. The van der Waals surface area contributed by atoms with Crippen molar-refractivity contribution in [1.29, 1.82) is 0 Å². The first kappa shape index (κ1) is 14.6. The van der Waals surface area contributed by atoms with E-state index in [0.29, 0.717) is 5.92 Å². The largest absolute Gasteiger partial charge is 0.342 e. The molecule has 0 aromatic carbocycles. The Balaban J connectivity index is 1.66. The Morgan fingerprint density at radius 1 is 1.24 bits per heavy atom. The Kier molecular flexibility index (Phi) is 4.58. The van der Waals surface area contributed by atoms with Gasteiger partial charge < -0.3 is 10.6 Å². The number of carbonyl (C=O) groups is 1. The summed E-state index contributed by atoms with van der Waals surface area (Å²) in [5.74, 6) is 0.717. The van der Waals surface area contributed by atoms with E-state index in [1.807, 2.05) is 11.0 Å². The van der Waals surface area contributed by atoms with E-state index in [9.17, 15) is 4.79 Å². The van der Waals surface area contributed by atoms with E-state index in [4.69, 9.17) is 5.73 Å². The summed E-state index contributed by atoms with van der Waals surface area (Å²) in [4.78, 5) is 14.9. The number of nitrogens with zero attached hydrogens (tertiary/aromatic N) is 2. The molecular weight excluding hydrogens is 264 g/mol. The van der Waals surface area contributed by atoms with Crippen molar-refractivity contribution in [2.45, 2.75) is 56.9 Å². The fourth-order valence-corrected chi connectivity index (χ4v) is 3.80. The van der Waals surface area contributed by atoms with Crippen molar-refractivity contribution >= 4 is 5.91 Å². The number of piperidine rings is 1. The number of nitrogens with two attached hydrogens (primary N) is 1. The third-order valence-electron chi connectivity index (χ3n) is 5.08. The second-order valence-corrected chi connectivity index (χ2v) is 6.54. The van der Waals surface area contributed by atoms with Crippen molar-refractivity contribution in [1.82, 2.24) is 15.1 Å². The number of hydrogen-bond acceptors (Lipinski definition) is 3. The molecule has 1 aromatic heterocycles. The van der Waals surface area contributed by atoms with E-state index in [1.54, 1.807) is 6.20 Å². The van der Waals surface area contributed by atoms with Gasteiger partial charge in [0.2, 0.25) is 5.91 Å². The Labute approximate surface area is 126 Å². The van der Waals surface area contributed by atoms with E-state index in [0.717, 1.165) is 50.9 Å². The molecule has 21 heavy (non-hydrogen) atoms. The summed E-state index contributed by atoms with van der Waals surface area (Å²) in [5.41, 5.74) is 7.40. The summed E-state index contributed by atoms with van der Waals surface area (Å²) in [6, 6.07) is 2.07. The number of aromatic nitrogens is 2. The van der Waals surface area contributed by atoms with Gasteiger partial charge in [0.05, 0.1) is 5.92 Å². The lowest BCUT2D eigenvalue weighted by atomic mass is 9.90. The van der Waals surface area contributed by atoms with E-state index in [2.05, 4.69) is 10.2 Å². The number of aromatic amines is 1. The second-order valence-electron chi connectivity index (χ2n) is 6.54. The predicted molar refractivity (Wildman–Crippen MR) is 81.7 cm³/mol. The number of rotatable bonds is 2. The van der Waals surface area contributed by atoms with Crippen LogP contribution in [-0.4, -0.2) is 40.1 Å². The van der Waals surface area contributed by atoms with E-state index >= 15 is 0 Å². The normalized spacial score (nSPS) is 30.9. The molecule has 3 N–H and O–H groups in total. The van der Waals surface area contributed by atoms with E-state index < -0.39 is 0 Å². The molecule has 3 rings (SSSR count). The van der Waals surface area contributed by atoms with Crippen LogP contribution in [0.4, 0.5) is 0 Å². The van der Waals surface area contributed by atoms with Gasteiger partial charge in [-0.2, -0.15) is 5.10 Å². The van der Waals surface area contributed by atoms with Gasteiger partial charge in [-0.15, -0.1) is 0 Å². The first-order valence-corrected chi connectivity index (χ1v) is 8.29. The quantitative estimate of drug-likeness (QED) is 0.818. The summed E-state index contributed by atoms with van der Waals surface area (Å²) in [6.45, 7) is 1.69. The first-order valence-electron chi connectivity index (χ1n) is 8.29. The van der Waals surface area contributed by atoms with Gasteiger partial charge in [0.25, 0.3) is 0 Å². The average molecular weight is 290 g/mol. The molecule has 1 saturated heterocycles. The number of carbonyl (C=O) groups excluding carboxylic acids is 1. The summed E-state index contributed by atoms with van der Waals surface area (Å²) >= 11 is 0. The number of likely N-dealkylation sites (tertiary alicyclic amines) is 1. The minimum absolute atomic E-state index is 0.0352. The maximum atomic E-state index is 12.9. The van der Waals surface area contributed by atoms with Crippen LogP contribution in [0, 0.1) is 5.92 Å². The third kappa shape index (κ3) is 3.28. The Morgan fingerprint density at radius 2 is 2.10 bits per heavy atom. The van der Waals surface area contributed by atoms with Crippen molar-refractivity contribution in [3.63, 3.8) is 0 Å². The van der Waals surface area contributed by atoms with Gasteiger partial charge in [0.1, 0.15) is 0 Å². The molecule has 2 heterocycles. The zero-order valence-corrected chi connectivity index (χ0v) is 12.6. The first-order chi connectivity index (χ1) is 10.3. The molecule has 5 nitrogen and oxygen atoms in total. The molecule has 1 saturated carbocycles. The zero-order valence-electron chi connectivity index (χ0n) is 12.6. The van der Waals surface area contributed by atoms with E-state index in [-0.39, 0.29) is 17.9 Å². The van der Waals surface area contributed by atoms with Crippen molar-refractivity contribution in [3.05, 3.63) is 18.0 Å². The maximum absolute atomic E-state index is 12.9. The van der Waals surface area contributed by atoms with Crippen LogP contribution in [0.1, 0.15) is 56.6 Å². The predicted octanol–water partition coefficient (Wildman–Crippen LogP) is 2.02. The lowest BCUT2D eigenvalue weighted by Gasteiger charge is -2.35. The topological polar surface area (TPSA) is 75.0 Å². The highest BCUT2D eigenvalue weighted by Crippen LogP contribution is 2.29.